The van der Waals surface area contributed by atoms with Crippen molar-refractivity contribution in [2.24, 2.45) is 5.92 Å². The fourth-order valence-electron chi connectivity index (χ4n) is 2.71. The van der Waals surface area contributed by atoms with Gasteiger partial charge in [0.05, 0.1) is 11.3 Å². The van der Waals surface area contributed by atoms with Gasteiger partial charge >= 0.3 is 5.97 Å². The predicted molar refractivity (Wildman–Crippen MR) is 111 cm³/mol. The quantitative estimate of drug-likeness (QED) is 0.481. The average Bonchev–Trinajstić information content (AvgIpc) is 3.47. The van der Waals surface area contributed by atoms with E-state index in [-0.39, 0.29) is 18.2 Å². The minimum atomic E-state index is -3.36. The van der Waals surface area contributed by atoms with Crippen LogP contribution in [-0.4, -0.2) is 56.9 Å². The fourth-order valence-corrected chi connectivity index (χ4v) is 3.84. The lowest BCUT2D eigenvalue weighted by atomic mass is 10.1. The molecule has 0 heterocycles. The van der Waals surface area contributed by atoms with Gasteiger partial charge in [-0.25, -0.2) is 13.2 Å². The molecule has 0 aliphatic heterocycles. The third-order valence-electron chi connectivity index (χ3n) is 4.55. The lowest BCUT2D eigenvalue weighted by Gasteiger charge is -2.18. The molecule has 2 N–H and O–H groups in total. The Morgan fingerprint density at radius 2 is 1.86 bits per heavy atom. The van der Waals surface area contributed by atoms with Gasteiger partial charge in [-0.05, 0) is 60.2 Å². The van der Waals surface area contributed by atoms with Gasteiger partial charge in [-0.15, -0.1) is 0 Å². The Morgan fingerprint density at radius 3 is 2.45 bits per heavy atom. The molecule has 1 saturated carbocycles. The number of carbonyl (C=O) groups is 3. The second-order valence-corrected chi connectivity index (χ2v) is 10.3. The van der Waals surface area contributed by atoms with E-state index in [2.05, 4.69) is 26.6 Å². The van der Waals surface area contributed by atoms with Crippen LogP contribution in [0.1, 0.15) is 36.5 Å². The van der Waals surface area contributed by atoms with E-state index >= 15 is 0 Å². The number of esters is 1. The molecule has 2 amide bonds. The third kappa shape index (κ3) is 8.14. The normalized spacial score (nSPS) is 15.8. The maximum atomic E-state index is 12.5. The number of amides is 2. The topological polar surface area (TPSA) is 119 Å². The number of carbonyl (C=O) groups excluding carboxylic acids is 3. The second-order valence-electron chi connectivity index (χ2n) is 7.23. The summed E-state index contributed by atoms with van der Waals surface area (Å²) in [5, 5.41) is 5.26. The number of benzene rings is 1. The van der Waals surface area contributed by atoms with E-state index in [1.165, 1.54) is 0 Å². The first-order valence-corrected chi connectivity index (χ1v) is 12.1. The van der Waals surface area contributed by atoms with Gasteiger partial charge in [-0.2, -0.15) is 0 Å². The molecule has 0 aromatic heterocycles. The molecule has 1 aromatic carbocycles. The molecule has 1 fully saturated rings. The van der Waals surface area contributed by atoms with E-state index in [9.17, 15) is 22.8 Å². The van der Waals surface area contributed by atoms with E-state index in [1.54, 1.807) is 24.3 Å². The first-order chi connectivity index (χ1) is 13.6. The Kier molecular flexibility index (Phi) is 8.21. The first-order valence-electron chi connectivity index (χ1n) is 9.26. The van der Waals surface area contributed by atoms with Crippen LogP contribution in [0.25, 0.3) is 0 Å². The summed E-state index contributed by atoms with van der Waals surface area (Å²) >= 11 is 3.26. The molecule has 29 heavy (non-hydrogen) atoms. The average molecular weight is 489 g/mol. The van der Waals surface area contributed by atoms with E-state index in [1.807, 2.05) is 6.92 Å². The SMILES string of the molecule is C[C@H](NC(=O)COC(=O)[C@@H](CCS(C)(=O)=O)NC(=O)c1ccccc1Br)C1CC1. The summed E-state index contributed by atoms with van der Waals surface area (Å²) in [6.45, 7) is 1.40. The van der Waals surface area contributed by atoms with Gasteiger partial charge in [-0.1, -0.05) is 12.1 Å². The largest absolute Gasteiger partial charge is 0.454 e. The number of ether oxygens (including phenoxy) is 1. The number of hydrogen-bond acceptors (Lipinski definition) is 6. The van der Waals surface area contributed by atoms with E-state index in [0.29, 0.717) is 16.0 Å². The van der Waals surface area contributed by atoms with E-state index in [0.717, 1.165) is 19.1 Å². The van der Waals surface area contributed by atoms with Crippen molar-refractivity contribution in [3.8, 4) is 0 Å². The minimum Gasteiger partial charge on any atom is -0.454 e. The number of hydrogen-bond donors (Lipinski definition) is 2. The van der Waals surface area contributed by atoms with Crippen LogP contribution < -0.4 is 10.6 Å². The van der Waals surface area contributed by atoms with Crippen molar-refractivity contribution in [1.82, 2.24) is 10.6 Å². The van der Waals surface area contributed by atoms with Crippen molar-refractivity contribution in [2.45, 2.75) is 38.3 Å². The molecule has 2 atom stereocenters. The summed E-state index contributed by atoms with van der Waals surface area (Å²) in [6, 6.07) is 5.44. The van der Waals surface area contributed by atoms with E-state index < -0.39 is 40.3 Å². The lowest BCUT2D eigenvalue weighted by Crippen LogP contribution is -2.44. The molecule has 0 spiro atoms. The van der Waals surface area contributed by atoms with Crippen LogP contribution in [0.5, 0.6) is 0 Å². The minimum absolute atomic E-state index is 0.0115. The van der Waals surface area contributed by atoms with Crippen molar-refractivity contribution in [3.05, 3.63) is 34.3 Å². The van der Waals surface area contributed by atoms with Crippen LogP contribution in [-0.2, 0) is 24.2 Å². The maximum Gasteiger partial charge on any atom is 0.329 e. The standard InChI is InChI=1S/C19H25BrN2O6S/c1-12(13-7-8-13)21-17(23)11-28-19(25)16(9-10-29(2,26)27)22-18(24)14-5-3-4-6-15(14)20/h3-6,12-13,16H,7-11H2,1-2H3,(H,21,23)(H,22,24)/t12-,16+/m0/s1. The molecule has 1 aliphatic carbocycles. The first kappa shape index (κ1) is 23.3. The Hall–Kier alpha value is -1.94. The molecule has 10 heteroatoms. The lowest BCUT2D eigenvalue weighted by molar-refractivity contribution is -0.150. The Morgan fingerprint density at radius 1 is 1.21 bits per heavy atom. The Labute approximate surface area is 178 Å². The summed E-state index contributed by atoms with van der Waals surface area (Å²) in [5.41, 5.74) is 0.292. The van der Waals surface area contributed by atoms with Crippen molar-refractivity contribution < 1.29 is 27.5 Å². The van der Waals surface area contributed by atoms with Crippen molar-refractivity contribution in [1.29, 1.82) is 0 Å². The highest BCUT2D eigenvalue weighted by Crippen LogP contribution is 2.32. The van der Waals surface area contributed by atoms with Gasteiger partial charge < -0.3 is 15.4 Å². The second kappa shape index (κ2) is 10.2. The highest BCUT2D eigenvalue weighted by molar-refractivity contribution is 9.10. The Balaban J connectivity index is 1.98. The number of sulfone groups is 1. The highest BCUT2D eigenvalue weighted by Gasteiger charge is 2.30. The van der Waals surface area contributed by atoms with Gasteiger partial charge in [-0.3, -0.25) is 9.59 Å². The molecule has 1 aliphatic rings. The molecule has 160 valence electrons. The third-order valence-corrected chi connectivity index (χ3v) is 6.22. The summed E-state index contributed by atoms with van der Waals surface area (Å²) in [6.07, 6.45) is 3.01. The van der Waals surface area contributed by atoms with E-state index in [4.69, 9.17) is 4.74 Å². The van der Waals surface area contributed by atoms with Crippen LogP contribution in [0.15, 0.2) is 28.7 Å². The predicted octanol–water partition coefficient (Wildman–Crippen LogP) is 1.44. The van der Waals surface area contributed by atoms with Crippen LogP contribution >= 0.6 is 15.9 Å². The zero-order valence-corrected chi connectivity index (χ0v) is 18.7. The molecule has 1 aromatic rings. The summed E-state index contributed by atoms with van der Waals surface area (Å²) < 4.78 is 28.5. The van der Waals surface area contributed by atoms with Gasteiger partial charge in [0, 0.05) is 16.8 Å². The van der Waals surface area contributed by atoms with Gasteiger partial charge in [0.2, 0.25) is 0 Å². The fraction of sp³-hybridized carbons (Fsp3) is 0.526. The summed E-state index contributed by atoms with van der Waals surface area (Å²) in [4.78, 5) is 36.9. The highest BCUT2D eigenvalue weighted by atomic mass is 79.9. The van der Waals surface area contributed by atoms with Crippen molar-refractivity contribution in [2.75, 3.05) is 18.6 Å². The molecule has 2 rings (SSSR count). The zero-order chi connectivity index (χ0) is 21.6. The Bertz CT molecular complexity index is 869. The van der Waals surface area contributed by atoms with Gasteiger partial charge in [0.15, 0.2) is 6.61 Å². The number of rotatable bonds is 10. The smallest absolute Gasteiger partial charge is 0.329 e. The van der Waals surface area contributed by atoms with Gasteiger partial charge in [0.1, 0.15) is 15.9 Å². The molecule has 8 nitrogen and oxygen atoms in total. The van der Waals surface area contributed by atoms with Crippen LogP contribution in [0.4, 0.5) is 0 Å². The summed E-state index contributed by atoms with van der Waals surface area (Å²) in [7, 11) is -3.36. The molecule has 0 saturated heterocycles. The van der Waals surface area contributed by atoms with Crippen LogP contribution in [0, 0.1) is 5.92 Å². The maximum absolute atomic E-state index is 12.5. The molecular weight excluding hydrogens is 464 g/mol. The molecule has 0 bridgehead atoms. The van der Waals surface area contributed by atoms with Crippen molar-refractivity contribution in [3.63, 3.8) is 0 Å². The van der Waals surface area contributed by atoms with Crippen LogP contribution in [0.3, 0.4) is 0 Å². The molecule has 0 unspecified atom stereocenters. The molecular formula is C19H25BrN2O6S. The molecule has 0 radical (unpaired) electrons. The summed E-state index contributed by atoms with van der Waals surface area (Å²) in [5.74, 6) is -1.70. The number of nitrogens with one attached hydrogen (secondary N) is 2. The zero-order valence-electron chi connectivity index (χ0n) is 16.3. The van der Waals surface area contributed by atoms with Crippen molar-refractivity contribution >= 4 is 43.6 Å². The number of halogens is 1. The van der Waals surface area contributed by atoms with Crippen LogP contribution in [0.2, 0.25) is 0 Å². The monoisotopic (exact) mass is 488 g/mol. The van der Waals surface area contributed by atoms with Gasteiger partial charge in [0.25, 0.3) is 11.8 Å².